The fourth-order valence-electron chi connectivity index (χ4n) is 2.15. The number of rotatable bonds is 6. The lowest BCUT2D eigenvalue weighted by Crippen LogP contribution is -2.30. The number of aryl methyl sites for hydroxylation is 1. The van der Waals surface area contributed by atoms with Gasteiger partial charge in [-0.1, -0.05) is 12.1 Å². The molecule has 0 atom stereocenters. The van der Waals surface area contributed by atoms with Gasteiger partial charge in [-0.15, -0.1) is 0 Å². The number of hydrogen-bond acceptors (Lipinski definition) is 5. The van der Waals surface area contributed by atoms with Crippen molar-refractivity contribution in [1.82, 2.24) is 4.72 Å². The highest BCUT2D eigenvalue weighted by Gasteiger charge is 2.18. The Bertz CT molecular complexity index is 936. The summed E-state index contributed by atoms with van der Waals surface area (Å²) in [7, 11) is -2.34. The average Bonchev–Trinajstić information content (AvgIpc) is 2.60. The van der Waals surface area contributed by atoms with Gasteiger partial charge in [0.1, 0.15) is 5.82 Å². The van der Waals surface area contributed by atoms with Gasteiger partial charge in [-0.3, -0.25) is 4.79 Å². The molecule has 130 valence electrons. The molecule has 0 aliphatic rings. The quantitative estimate of drug-likeness (QED) is 0.822. The molecule has 8 heteroatoms. The molecule has 6 nitrogen and oxygen atoms in total. The summed E-state index contributed by atoms with van der Waals surface area (Å²) in [6.07, 6.45) is -0.177. The van der Waals surface area contributed by atoms with Crippen LogP contribution in [0.15, 0.2) is 47.4 Å². The summed E-state index contributed by atoms with van der Waals surface area (Å²) in [5.74, 6) is -1.34. The van der Waals surface area contributed by atoms with Crippen molar-refractivity contribution in [2.45, 2.75) is 17.7 Å². The monoisotopic (exact) mass is 361 g/mol. The Morgan fingerprint density at radius 1 is 1.24 bits per heavy atom. The molecule has 2 N–H and O–H groups in total. The number of nitriles is 1. The SMILES string of the molecule is CNc1cccc(S(=O)(=O)NC(=O)CCc2ccc(C#N)cc2F)c1. The lowest BCUT2D eigenvalue weighted by molar-refractivity contribution is -0.119. The van der Waals surface area contributed by atoms with Gasteiger partial charge in [-0.05, 0) is 42.3 Å². The van der Waals surface area contributed by atoms with E-state index in [1.54, 1.807) is 19.2 Å². The Kier molecular flexibility index (Phi) is 5.72. The largest absolute Gasteiger partial charge is 0.388 e. The van der Waals surface area contributed by atoms with Gasteiger partial charge in [0, 0.05) is 19.2 Å². The van der Waals surface area contributed by atoms with Gasteiger partial charge in [0.2, 0.25) is 5.91 Å². The van der Waals surface area contributed by atoms with Crippen molar-refractivity contribution in [3.05, 3.63) is 59.4 Å². The van der Waals surface area contributed by atoms with E-state index in [4.69, 9.17) is 5.26 Å². The van der Waals surface area contributed by atoms with Gasteiger partial charge in [-0.25, -0.2) is 17.5 Å². The van der Waals surface area contributed by atoms with Crippen LogP contribution in [0.2, 0.25) is 0 Å². The van der Waals surface area contributed by atoms with E-state index in [2.05, 4.69) is 5.32 Å². The molecule has 0 saturated heterocycles. The van der Waals surface area contributed by atoms with Gasteiger partial charge < -0.3 is 5.32 Å². The number of carbonyl (C=O) groups excluding carboxylic acids is 1. The molecule has 25 heavy (non-hydrogen) atoms. The molecule has 0 aromatic heterocycles. The first-order valence-electron chi connectivity index (χ1n) is 7.37. The van der Waals surface area contributed by atoms with Gasteiger partial charge in [0.15, 0.2) is 0 Å². The minimum absolute atomic E-state index is 0.0233. The number of carbonyl (C=O) groups is 1. The second-order valence-corrected chi connectivity index (χ2v) is 6.91. The standard InChI is InChI=1S/C17H16FN3O3S/c1-20-14-3-2-4-15(10-14)25(23,24)21-17(22)8-7-13-6-5-12(11-19)9-16(13)18/h2-6,9-10,20H,7-8H2,1H3,(H,21,22). The molecule has 0 heterocycles. The van der Waals surface area contributed by atoms with Crippen molar-refractivity contribution in [1.29, 1.82) is 5.26 Å². The van der Waals surface area contributed by atoms with Crippen LogP contribution in [-0.2, 0) is 21.2 Å². The van der Waals surface area contributed by atoms with Crippen LogP contribution in [0.4, 0.5) is 10.1 Å². The van der Waals surface area contributed by atoms with E-state index in [9.17, 15) is 17.6 Å². The maximum atomic E-state index is 13.8. The Labute approximate surface area is 145 Å². The lowest BCUT2D eigenvalue weighted by Gasteiger charge is -2.09. The van der Waals surface area contributed by atoms with Gasteiger partial charge in [0.05, 0.1) is 16.5 Å². The van der Waals surface area contributed by atoms with E-state index in [1.807, 2.05) is 10.8 Å². The van der Waals surface area contributed by atoms with E-state index < -0.39 is 21.7 Å². The zero-order valence-corrected chi connectivity index (χ0v) is 14.2. The predicted molar refractivity (Wildman–Crippen MR) is 90.8 cm³/mol. The van der Waals surface area contributed by atoms with Crippen LogP contribution in [0.25, 0.3) is 0 Å². The second-order valence-electron chi connectivity index (χ2n) is 5.22. The maximum absolute atomic E-state index is 13.8. The van der Waals surface area contributed by atoms with Crippen molar-refractivity contribution in [3.8, 4) is 6.07 Å². The molecule has 0 fully saturated rings. The Morgan fingerprint density at radius 2 is 2.00 bits per heavy atom. The minimum atomic E-state index is -3.99. The number of benzene rings is 2. The minimum Gasteiger partial charge on any atom is -0.388 e. The van der Waals surface area contributed by atoms with E-state index in [0.717, 1.165) is 6.07 Å². The second kappa shape index (κ2) is 7.77. The van der Waals surface area contributed by atoms with E-state index in [1.165, 1.54) is 24.3 Å². The molecular weight excluding hydrogens is 345 g/mol. The summed E-state index contributed by atoms with van der Waals surface area (Å²) >= 11 is 0. The highest BCUT2D eigenvalue weighted by atomic mass is 32.2. The third-order valence-corrected chi connectivity index (χ3v) is 4.86. The summed E-state index contributed by atoms with van der Waals surface area (Å²) in [6.45, 7) is 0. The maximum Gasteiger partial charge on any atom is 0.264 e. The van der Waals surface area contributed by atoms with Gasteiger partial charge in [0.25, 0.3) is 10.0 Å². The van der Waals surface area contributed by atoms with Crippen molar-refractivity contribution in [2.75, 3.05) is 12.4 Å². The van der Waals surface area contributed by atoms with Gasteiger partial charge in [-0.2, -0.15) is 5.26 Å². The summed E-state index contributed by atoms with van der Waals surface area (Å²) in [4.78, 5) is 11.9. The molecule has 0 bridgehead atoms. The highest BCUT2D eigenvalue weighted by Crippen LogP contribution is 2.16. The van der Waals surface area contributed by atoms with Crippen LogP contribution in [0.5, 0.6) is 0 Å². The number of amides is 1. The number of halogens is 1. The molecule has 0 aliphatic heterocycles. The Morgan fingerprint density at radius 3 is 2.64 bits per heavy atom. The normalized spacial score (nSPS) is 10.8. The first kappa shape index (κ1) is 18.4. The van der Waals surface area contributed by atoms with Crippen LogP contribution in [0.1, 0.15) is 17.5 Å². The summed E-state index contributed by atoms with van der Waals surface area (Å²) < 4.78 is 40.1. The van der Waals surface area contributed by atoms with Crippen molar-refractivity contribution < 1.29 is 17.6 Å². The fraction of sp³-hybridized carbons (Fsp3) is 0.176. The molecule has 2 aromatic carbocycles. The molecular formula is C17H16FN3O3S. The molecule has 1 amide bonds. The topological polar surface area (TPSA) is 99.1 Å². The highest BCUT2D eigenvalue weighted by molar-refractivity contribution is 7.90. The number of nitrogens with zero attached hydrogens (tertiary/aromatic N) is 1. The predicted octanol–water partition coefficient (Wildman–Crippen LogP) is 2.18. The van der Waals surface area contributed by atoms with Crippen LogP contribution >= 0.6 is 0 Å². The van der Waals surface area contributed by atoms with Gasteiger partial charge >= 0.3 is 0 Å². The van der Waals surface area contributed by atoms with E-state index in [0.29, 0.717) is 5.69 Å². The zero-order valence-electron chi connectivity index (χ0n) is 13.4. The van der Waals surface area contributed by atoms with E-state index in [-0.39, 0.29) is 28.9 Å². The first-order valence-corrected chi connectivity index (χ1v) is 8.86. The summed E-state index contributed by atoms with van der Waals surface area (Å²) in [5.41, 5.74) is 1.01. The summed E-state index contributed by atoms with van der Waals surface area (Å²) in [5, 5.41) is 11.5. The molecule has 0 saturated carbocycles. The third kappa shape index (κ3) is 4.78. The smallest absolute Gasteiger partial charge is 0.264 e. The molecule has 0 unspecified atom stereocenters. The number of anilines is 1. The Hall–Kier alpha value is -2.92. The first-order chi connectivity index (χ1) is 11.9. The summed E-state index contributed by atoms with van der Waals surface area (Å²) in [6, 6.07) is 11.8. The number of nitrogens with one attached hydrogen (secondary N) is 2. The molecule has 2 rings (SSSR count). The molecule has 0 radical (unpaired) electrons. The molecule has 0 spiro atoms. The zero-order chi connectivity index (χ0) is 18.4. The number of sulfonamides is 1. The van der Waals surface area contributed by atoms with Crippen LogP contribution < -0.4 is 10.0 Å². The van der Waals surface area contributed by atoms with E-state index >= 15 is 0 Å². The van der Waals surface area contributed by atoms with Crippen LogP contribution in [-0.4, -0.2) is 21.4 Å². The third-order valence-electron chi connectivity index (χ3n) is 3.48. The fourth-order valence-corrected chi connectivity index (χ4v) is 3.21. The van der Waals surface area contributed by atoms with Crippen molar-refractivity contribution in [3.63, 3.8) is 0 Å². The van der Waals surface area contributed by atoms with Crippen LogP contribution in [0, 0.1) is 17.1 Å². The lowest BCUT2D eigenvalue weighted by atomic mass is 10.1. The Balaban J connectivity index is 2.03. The average molecular weight is 361 g/mol. The van der Waals surface area contributed by atoms with Crippen LogP contribution in [0.3, 0.4) is 0 Å². The van der Waals surface area contributed by atoms with Crippen molar-refractivity contribution in [2.24, 2.45) is 0 Å². The molecule has 0 aliphatic carbocycles. The number of hydrogen-bond donors (Lipinski definition) is 2. The molecule has 2 aromatic rings. The van der Waals surface area contributed by atoms with Crippen molar-refractivity contribution >= 4 is 21.6 Å².